The predicted molar refractivity (Wildman–Crippen MR) is 111 cm³/mol. The number of hydrogen-bond acceptors (Lipinski definition) is 7. The number of halogens is 1. The molecular weight excluding hydrogens is 464 g/mol. The quantitative estimate of drug-likeness (QED) is 0.331. The van der Waals surface area contributed by atoms with Crippen LogP contribution < -0.4 is 11.2 Å². The van der Waals surface area contributed by atoms with Crippen molar-refractivity contribution >= 4 is 32.5 Å². The van der Waals surface area contributed by atoms with E-state index in [4.69, 9.17) is 0 Å². The molecule has 0 aliphatic heterocycles. The molecule has 0 aliphatic carbocycles. The van der Waals surface area contributed by atoms with E-state index in [-0.39, 0.29) is 27.8 Å². The highest BCUT2D eigenvalue weighted by atomic mass is 79.9. The molecule has 3 N–H and O–H groups in total. The third-order valence-corrected chi connectivity index (χ3v) is 5.94. The molecule has 0 saturated carbocycles. The van der Waals surface area contributed by atoms with E-state index in [1.165, 1.54) is 47.6 Å². The maximum Gasteiger partial charge on any atom is 0.330 e. The van der Waals surface area contributed by atoms with Crippen LogP contribution in [0.5, 0.6) is 0 Å². The molecule has 12 heteroatoms. The Morgan fingerprint density at radius 1 is 1.10 bits per heavy atom. The van der Waals surface area contributed by atoms with Gasteiger partial charge in [-0.25, -0.2) is 4.79 Å². The molecule has 3 rings (SSSR count). The van der Waals surface area contributed by atoms with Gasteiger partial charge in [0, 0.05) is 42.5 Å². The van der Waals surface area contributed by atoms with Gasteiger partial charge in [0.1, 0.15) is 5.54 Å². The zero-order valence-corrected chi connectivity index (χ0v) is 17.7. The van der Waals surface area contributed by atoms with Gasteiger partial charge < -0.3 is 19.9 Å². The summed E-state index contributed by atoms with van der Waals surface area (Å²) in [6, 6.07) is 3.94. The van der Waals surface area contributed by atoms with E-state index in [1.807, 2.05) is 0 Å². The number of nitrogens with zero attached hydrogens (tertiary/aromatic N) is 4. The molecule has 0 amide bonds. The molecule has 0 saturated heterocycles. The lowest BCUT2D eigenvalue weighted by Crippen LogP contribution is -2.44. The number of non-ortho nitro benzene ring substituents is 1. The van der Waals surface area contributed by atoms with Crippen LogP contribution in [0.3, 0.4) is 0 Å². The summed E-state index contributed by atoms with van der Waals surface area (Å²) in [5, 5.41) is 41.3. The molecule has 1 aromatic carbocycles. The highest BCUT2D eigenvalue weighted by Gasteiger charge is 2.35. The van der Waals surface area contributed by atoms with Crippen molar-refractivity contribution in [3.8, 4) is 11.3 Å². The van der Waals surface area contributed by atoms with Gasteiger partial charge in [0.25, 0.3) is 11.2 Å². The van der Waals surface area contributed by atoms with E-state index in [0.717, 1.165) is 4.57 Å². The van der Waals surface area contributed by atoms with Crippen molar-refractivity contribution in [1.82, 2.24) is 13.7 Å². The number of hydrogen-bond donors (Lipinski definition) is 3. The van der Waals surface area contributed by atoms with Crippen molar-refractivity contribution in [2.24, 2.45) is 14.1 Å². The molecular formula is C18H19BrN4O7. The van der Waals surface area contributed by atoms with Gasteiger partial charge in [0.05, 0.1) is 41.3 Å². The van der Waals surface area contributed by atoms with Crippen LogP contribution in [0.15, 0.2) is 38.5 Å². The fourth-order valence-corrected chi connectivity index (χ4v) is 3.80. The Bertz CT molecular complexity index is 1260. The van der Waals surface area contributed by atoms with Gasteiger partial charge in [-0.15, -0.1) is 0 Å². The summed E-state index contributed by atoms with van der Waals surface area (Å²) in [5.41, 5.74) is -2.66. The molecule has 11 nitrogen and oxygen atoms in total. The largest absolute Gasteiger partial charge is 0.394 e. The topological polar surface area (TPSA) is 153 Å². The Balaban J connectivity index is 2.63. The zero-order chi connectivity index (χ0) is 22.4. The number of nitro benzene ring substituents is 1. The number of aliphatic hydroxyl groups is 3. The first kappa shape index (κ1) is 21.9. The lowest BCUT2D eigenvalue weighted by molar-refractivity contribution is -0.384. The monoisotopic (exact) mass is 482 g/mol. The van der Waals surface area contributed by atoms with E-state index >= 15 is 0 Å². The van der Waals surface area contributed by atoms with Gasteiger partial charge in [-0.05, 0) is 6.07 Å². The van der Waals surface area contributed by atoms with Gasteiger partial charge in [-0.2, -0.15) is 0 Å². The zero-order valence-electron chi connectivity index (χ0n) is 16.1. The predicted octanol–water partition coefficient (Wildman–Crippen LogP) is 0.0486. The molecule has 0 bridgehead atoms. The lowest BCUT2D eigenvalue weighted by atomic mass is 10.0. The van der Waals surface area contributed by atoms with Gasteiger partial charge in [-0.3, -0.25) is 24.0 Å². The summed E-state index contributed by atoms with van der Waals surface area (Å²) in [6.45, 7) is -2.10. The van der Waals surface area contributed by atoms with Crippen molar-refractivity contribution in [1.29, 1.82) is 0 Å². The SMILES string of the molecule is Cn1c(=O)c2c(-c3cc([N+](=O)[O-])ccc3Br)n(C(CO)(CO)CO)cc2n(C)c1=O. The van der Waals surface area contributed by atoms with Gasteiger partial charge in [0.15, 0.2) is 0 Å². The van der Waals surface area contributed by atoms with Crippen LogP contribution in [-0.2, 0) is 19.6 Å². The fourth-order valence-electron chi connectivity index (χ4n) is 3.37. The third kappa shape index (κ3) is 3.08. The third-order valence-electron chi connectivity index (χ3n) is 5.25. The van der Waals surface area contributed by atoms with E-state index < -0.39 is 41.5 Å². The van der Waals surface area contributed by atoms with Crippen molar-refractivity contribution in [3.05, 3.63) is 59.8 Å². The Hall–Kier alpha value is -2.80. The molecule has 0 atom stereocenters. The Morgan fingerprint density at radius 3 is 2.23 bits per heavy atom. The van der Waals surface area contributed by atoms with Crippen LogP contribution in [0.4, 0.5) is 5.69 Å². The van der Waals surface area contributed by atoms with Crippen LogP contribution in [0, 0.1) is 10.1 Å². The van der Waals surface area contributed by atoms with Gasteiger partial charge >= 0.3 is 5.69 Å². The molecule has 3 aromatic rings. The standard InChI is InChI=1S/C18H19BrN4O7/c1-20-13-6-22(18(7-24,8-25)9-26)15(14(13)16(27)21(2)17(20)28)11-5-10(23(29)30)3-4-12(11)19/h3-6,24-26H,7-9H2,1-2H3. The first-order valence-electron chi connectivity index (χ1n) is 8.72. The minimum atomic E-state index is -1.64. The summed E-state index contributed by atoms with van der Waals surface area (Å²) in [6.07, 6.45) is 1.36. The molecule has 2 heterocycles. The van der Waals surface area contributed by atoms with Crippen LogP contribution in [0.25, 0.3) is 22.2 Å². The van der Waals surface area contributed by atoms with Crippen LogP contribution in [0.2, 0.25) is 0 Å². The maximum absolute atomic E-state index is 13.0. The molecule has 160 valence electrons. The number of aromatic nitrogens is 3. The fraction of sp³-hybridized carbons (Fsp3) is 0.333. The second-order valence-corrected chi connectivity index (χ2v) is 7.79. The first-order chi connectivity index (χ1) is 14.1. The summed E-state index contributed by atoms with van der Waals surface area (Å²) in [5.74, 6) is 0. The van der Waals surface area contributed by atoms with Crippen molar-refractivity contribution < 1.29 is 20.2 Å². The number of aliphatic hydroxyl groups excluding tert-OH is 3. The smallest absolute Gasteiger partial charge is 0.330 e. The molecule has 0 aliphatic rings. The average molecular weight is 483 g/mol. The van der Waals surface area contributed by atoms with Crippen molar-refractivity contribution in [2.45, 2.75) is 5.54 Å². The normalized spacial score (nSPS) is 11.9. The van der Waals surface area contributed by atoms with Crippen LogP contribution in [-0.4, -0.2) is 53.8 Å². The lowest BCUT2D eigenvalue weighted by Gasteiger charge is -2.31. The molecule has 30 heavy (non-hydrogen) atoms. The first-order valence-corrected chi connectivity index (χ1v) is 9.51. The van der Waals surface area contributed by atoms with Crippen molar-refractivity contribution in [2.75, 3.05) is 19.8 Å². The Morgan fingerprint density at radius 2 is 1.70 bits per heavy atom. The molecule has 0 radical (unpaired) electrons. The Kier molecular flexibility index (Phi) is 5.69. The van der Waals surface area contributed by atoms with E-state index in [2.05, 4.69) is 15.9 Å². The highest BCUT2D eigenvalue weighted by molar-refractivity contribution is 9.10. The summed E-state index contributed by atoms with van der Waals surface area (Å²) < 4.78 is 3.79. The molecule has 2 aromatic heterocycles. The minimum absolute atomic E-state index is 0.0422. The van der Waals surface area contributed by atoms with Crippen LogP contribution in [0.1, 0.15) is 0 Å². The van der Waals surface area contributed by atoms with Crippen molar-refractivity contribution in [3.63, 3.8) is 0 Å². The highest BCUT2D eigenvalue weighted by Crippen LogP contribution is 2.38. The minimum Gasteiger partial charge on any atom is -0.394 e. The molecule has 0 unspecified atom stereocenters. The number of nitro groups is 1. The van der Waals surface area contributed by atoms with Crippen LogP contribution >= 0.6 is 15.9 Å². The second kappa shape index (κ2) is 7.80. The van der Waals surface area contributed by atoms with Gasteiger partial charge in [0.2, 0.25) is 0 Å². The summed E-state index contributed by atoms with van der Waals surface area (Å²) in [7, 11) is 2.74. The maximum atomic E-state index is 13.0. The average Bonchev–Trinajstić information content (AvgIpc) is 3.13. The number of aryl methyl sites for hydroxylation is 1. The second-order valence-electron chi connectivity index (χ2n) is 6.93. The number of benzene rings is 1. The summed E-state index contributed by atoms with van der Waals surface area (Å²) >= 11 is 3.33. The molecule has 0 fully saturated rings. The van der Waals surface area contributed by atoms with E-state index in [0.29, 0.717) is 4.47 Å². The van der Waals surface area contributed by atoms with Gasteiger partial charge in [-0.1, -0.05) is 15.9 Å². The summed E-state index contributed by atoms with van der Waals surface area (Å²) in [4.78, 5) is 36.1. The van der Waals surface area contributed by atoms with E-state index in [1.54, 1.807) is 0 Å². The Labute approximate surface area is 177 Å². The van der Waals surface area contributed by atoms with E-state index in [9.17, 15) is 35.0 Å². The molecule has 0 spiro atoms. The number of rotatable bonds is 6. The number of fused-ring (bicyclic) bond motifs is 1.